The number of amides is 7. The molecule has 0 aliphatic heterocycles. The molecule has 43 nitrogen and oxygen atoms in total. The van der Waals surface area contributed by atoms with Crippen LogP contribution in [0.25, 0.3) is 0 Å². The molecular formula is C82H158N10O33. The fraction of sp³-hybridized carbons (Fsp3) is 0.890. The van der Waals surface area contributed by atoms with Gasteiger partial charge in [-0.15, -0.1) is 0 Å². The van der Waals surface area contributed by atoms with E-state index in [4.69, 9.17) is 137 Å². The lowest BCUT2D eigenvalue weighted by molar-refractivity contribution is -0.148. The molecule has 0 heterocycles. The molecule has 3 atom stereocenters. The number of carbonyl (C=O) groups excluding carboxylic acids is 9. The zero-order chi connectivity index (χ0) is 91.9. The van der Waals surface area contributed by atoms with Crippen molar-refractivity contribution in [2.24, 2.45) is 28.9 Å². The van der Waals surface area contributed by atoms with E-state index >= 15 is 0 Å². The second kappa shape index (κ2) is 87.7. The number of hydrogen-bond acceptors (Lipinski definition) is 37. The smallest absolute Gasteiger partial charge is 0.442 e. The molecule has 0 aromatic carbocycles. The molecule has 0 unspecified atom stereocenters. The van der Waals surface area contributed by atoms with Crippen LogP contribution in [0.3, 0.4) is 0 Å². The van der Waals surface area contributed by atoms with Gasteiger partial charge in [0.05, 0.1) is 263 Å². The van der Waals surface area contributed by atoms with E-state index in [1.165, 1.54) is 0 Å². The molecule has 0 saturated heterocycles. The third-order valence-electron chi connectivity index (χ3n) is 16.2. The molecule has 0 aromatic rings. The largest absolute Gasteiger partial charge is 0.444 e. The van der Waals surface area contributed by atoms with E-state index in [2.05, 4.69) is 26.6 Å². The first-order valence-electron chi connectivity index (χ1n) is 43.8. The standard InChI is InChI=1S/C82H158N10O33/c1-81(2,3)124-79(100)92(80(101)125-82(4,5)6)123-63-62-118-55-54-114-47-46-110-42-38-106-34-30-102-25-13-17-72(93)70(15-8-11-23-88-75(96)66-120-59-56-115-51-48-111-43-39-107-35-31-103-26-18-83)91-78(99)69(14-7-10-22-87-74(95)65-119-29-21-86)64-73(94)71(90-77(98)68-122-61-58-117-53-50-113-45-41-109-37-33-105-28-20-85)16-9-12-24-89-76(97)67-121-60-57-116-52-49-112-44-40-108-36-32-104-27-19-84/h69-71H,7-68,83-86H2,1-6H3,(H,87,95)(H,88,96)(H,89,97)(H,90,98)(H,91,99)/t69-,70+,71+/m1/s1. The highest BCUT2D eigenvalue weighted by atomic mass is 16.8. The van der Waals surface area contributed by atoms with Crippen molar-refractivity contribution in [1.29, 1.82) is 0 Å². The Morgan fingerprint density at radius 3 is 0.824 bits per heavy atom. The number of hydrogen-bond donors (Lipinski definition) is 9. The van der Waals surface area contributed by atoms with Crippen molar-refractivity contribution in [3.8, 4) is 0 Å². The van der Waals surface area contributed by atoms with Gasteiger partial charge in [-0.25, -0.2) is 9.59 Å². The molecular weight excluding hydrogens is 1650 g/mol. The van der Waals surface area contributed by atoms with Crippen LogP contribution in [-0.2, 0) is 147 Å². The number of ketones is 2. The molecule has 43 heteroatoms. The van der Waals surface area contributed by atoms with E-state index in [0.29, 0.717) is 202 Å². The summed E-state index contributed by atoms with van der Waals surface area (Å²) < 4.78 is 126. The van der Waals surface area contributed by atoms with Crippen LogP contribution >= 0.6 is 0 Å². The number of carbonyl (C=O) groups is 9. The van der Waals surface area contributed by atoms with E-state index in [1.54, 1.807) is 41.5 Å². The molecule has 0 radical (unpaired) electrons. The van der Waals surface area contributed by atoms with E-state index in [0.717, 1.165) is 0 Å². The number of nitrogens with zero attached hydrogens (tertiary/aromatic N) is 1. The van der Waals surface area contributed by atoms with Gasteiger partial charge in [-0.2, -0.15) is 0 Å². The van der Waals surface area contributed by atoms with Crippen LogP contribution in [0, 0.1) is 5.92 Å². The maximum Gasteiger partial charge on any atom is 0.444 e. The number of unbranched alkanes of at least 4 members (excludes halogenated alkanes) is 3. The number of rotatable bonds is 94. The van der Waals surface area contributed by atoms with E-state index in [1.807, 2.05) is 0 Å². The lowest BCUT2D eigenvalue weighted by Crippen LogP contribution is -2.46. The van der Waals surface area contributed by atoms with Crippen LogP contribution in [0.4, 0.5) is 9.59 Å². The zero-order valence-corrected chi connectivity index (χ0v) is 75.8. The first-order chi connectivity index (χ1) is 60.6. The van der Waals surface area contributed by atoms with Gasteiger partial charge in [-0.05, 0) is 99.3 Å². The van der Waals surface area contributed by atoms with Crippen molar-refractivity contribution in [1.82, 2.24) is 31.6 Å². The van der Waals surface area contributed by atoms with E-state index in [9.17, 15) is 43.2 Å². The highest BCUT2D eigenvalue weighted by Gasteiger charge is 2.34. The fourth-order valence-electron chi connectivity index (χ4n) is 10.3. The van der Waals surface area contributed by atoms with Crippen molar-refractivity contribution < 1.29 is 157 Å². The van der Waals surface area contributed by atoms with Gasteiger partial charge in [-0.1, -0.05) is 11.5 Å². The summed E-state index contributed by atoms with van der Waals surface area (Å²) in [7, 11) is 0. The van der Waals surface area contributed by atoms with Crippen molar-refractivity contribution in [2.45, 2.75) is 142 Å². The SMILES string of the molecule is CC(C)(C)OC(=O)N(OCCOCCOCCOCCOCCOCCCC(=O)[C@H](CCCCNC(=O)COCCOCCOCCOCCOCCN)NC(=O)[C@H](CCCCNC(=O)COCCN)CC(=O)[C@H](CCCCNC(=O)COCCOCCOCCOCCOCCN)NC(=O)COCCOCCOCCOCCOCCN)C(=O)OC(C)(C)C. The summed E-state index contributed by atoms with van der Waals surface area (Å²) in [4.78, 5) is 126. The Bertz CT molecular complexity index is 2570. The van der Waals surface area contributed by atoms with Gasteiger partial charge in [0.1, 0.15) is 37.6 Å². The number of nitrogens with one attached hydrogen (secondary N) is 5. The van der Waals surface area contributed by atoms with Crippen LogP contribution in [0.15, 0.2) is 0 Å². The average Bonchev–Trinajstić information content (AvgIpc) is 0.870. The number of ether oxygens (including phenoxy) is 23. The second-order valence-electron chi connectivity index (χ2n) is 29.5. The van der Waals surface area contributed by atoms with Crippen molar-refractivity contribution >= 4 is 53.3 Å². The minimum absolute atomic E-state index is 0.0160. The minimum atomic E-state index is -1.10. The molecule has 0 rings (SSSR count). The first-order valence-corrected chi connectivity index (χ1v) is 43.8. The number of nitrogens with two attached hydrogens (primary N) is 4. The number of Topliss-reactive ketones (excluding diaryl/α,β-unsaturated/α-hetero) is 2. The van der Waals surface area contributed by atoms with Crippen LogP contribution < -0.4 is 49.5 Å². The second-order valence-corrected chi connectivity index (χ2v) is 29.5. The maximum atomic E-state index is 14.8. The molecule has 125 heavy (non-hydrogen) atoms. The molecule has 13 N–H and O–H groups in total. The molecule has 0 fully saturated rings. The highest BCUT2D eigenvalue weighted by molar-refractivity contribution is 5.94. The number of imide groups is 1. The Hall–Kier alpha value is -5.61. The molecule has 7 amide bonds. The molecule has 0 aliphatic carbocycles. The van der Waals surface area contributed by atoms with Crippen molar-refractivity contribution in [2.75, 3.05) is 330 Å². The minimum Gasteiger partial charge on any atom is -0.442 e. The topological polar surface area (TPSA) is 543 Å². The lowest BCUT2D eigenvalue weighted by atomic mass is 9.90. The van der Waals surface area contributed by atoms with Crippen LogP contribution in [0.5, 0.6) is 0 Å². The van der Waals surface area contributed by atoms with Crippen molar-refractivity contribution in [3.05, 3.63) is 0 Å². The highest BCUT2D eigenvalue weighted by Crippen LogP contribution is 2.20. The summed E-state index contributed by atoms with van der Waals surface area (Å²) in [6.45, 7) is 22.7. The quantitative estimate of drug-likeness (QED) is 0.0286. The lowest BCUT2D eigenvalue weighted by Gasteiger charge is -2.27. The zero-order valence-electron chi connectivity index (χ0n) is 75.8. The monoisotopic (exact) mass is 1810 g/mol. The first kappa shape index (κ1) is 119. The van der Waals surface area contributed by atoms with Gasteiger partial charge in [-0.3, -0.25) is 38.4 Å². The van der Waals surface area contributed by atoms with Gasteiger partial charge < -0.3 is 158 Å². The third-order valence-corrected chi connectivity index (χ3v) is 16.2. The van der Waals surface area contributed by atoms with Gasteiger partial charge >= 0.3 is 12.2 Å². The summed E-state index contributed by atoms with van der Waals surface area (Å²) in [5, 5.41) is 14.6. The third kappa shape index (κ3) is 83.7. The Morgan fingerprint density at radius 1 is 0.272 bits per heavy atom. The normalized spacial score (nSPS) is 12.4. The number of hydroxylamine groups is 2. The average molecular weight is 1810 g/mol. The summed E-state index contributed by atoms with van der Waals surface area (Å²) in [6.07, 6.45) is 0.718. The van der Waals surface area contributed by atoms with E-state index in [-0.39, 0.29) is 227 Å². The van der Waals surface area contributed by atoms with Gasteiger partial charge in [0.15, 0.2) is 11.6 Å². The summed E-state index contributed by atoms with van der Waals surface area (Å²) >= 11 is 0. The Balaban J connectivity index is 6.08. The summed E-state index contributed by atoms with van der Waals surface area (Å²) in [6, 6.07) is -2.12. The van der Waals surface area contributed by atoms with Crippen molar-refractivity contribution in [3.63, 3.8) is 0 Å². The summed E-state index contributed by atoms with van der Waals surface area (Å²) in [5.41, 5.74) is 20.0. The molecule has 0 aromatic heterocycles. The maximum absolute atomic E-state index is 14.8. The van der Waals surface area contributed by atoms with Crippen LogP contribution in [0.2, 0.25) is 0 Å². The molecule has 0 spiro atoms. The fourth-order valence-corrected chi connectivity index (χ4v) is 10.3. The van der Waals surface area contributed by atoms with Gasteiger partial charge in [0, 0.05) is 71.2 Å². The van der Waals surface area contributed by atoms with Gasteiger partial charge in [0.25, 0.3) is 0 Å². The predicted octanol–water partition coefficient (Wildman–Crippen LogP) is 0.0274. The van der Waals surface area contributed by atoms with Crippen LogP contribution in [-0.4, -0.2) is 412 Å². The van der Waals surface area contributed by atoms with Gasteiger partial charge in [0.2, 0.25) is 29.5 Å². The Labute approximate surface area is 739 Å². The predicted molar refractivity (Wildman–Crippen MR) is 455 cm³/mol. The molecule has 734 valence electrons. The van der Waals surface area contributed by atoms with E-state index < -0.39 is 65.6 Å². The van der Waals surface area contributed by atoms with Crippen LogP contribution in [0.1, 0.15) is 119 Å². The Kier molecular flexibility index (Phi) is 83.8. The molecule has 0 bridgehead atoms. The molecule has 0 aliphatic rings. The Morgan fingerprint density at radius 2 is 0.520 bits per heavy atom. The summed E-state index contributed by atoms with van der Waals surface area (Å²) in [5.74, 6) is -4.03. The molecule has 0 saturated carbocycles.